The van der Waals surface area contributed by atoms with Gasteiger partial charge in [0.2, 0.25) is 0 Å². The second-order valence-electron chi connectivity index (χ2n) is 2.96. The van der Waals surface area contributed by atoms with Crippen molar-refractivity contribution in [2.75, 3.05) is 0 Å². The number of aryl methyl sites for hydroxylation is 1. The van der Waals surface area contributed by atoms with Crippen LogP contribution in [-0.4, -0.2) is 10.2 Å². The third-order valence-corrected chi connectivity index (χ3v) is 3.24. The van der Waals surface area contributed by atoms with Crippen LogP contribution in [0.25, 0.3) is 0 Å². The van der Waals surface area contributed by atoms with Crippen molar-refractivity contribution in [3.05, 3.63) is 23.9 Å². The molecule has 1 unspecified atom stereocenters. The summed E-state index contributed by atoms with van der Waals surface area (Å²) >= 11 is 1.86. The van der Waals surface area contributed by atoms with Crippen LogP contribution in [0.1, 0.15) is 25.8 Å². The topological polar surface area (TPSA) is 12.9 Å². The maximum Gasteiger partial charge on any atom is 0.0991 e. The molecule has 1 atom stereocenters. The van der Waals surface area contributed by atoms with Crippen molar-refractivity contribution in [1.82, 2.24) is 4.98 Å². The van der Waals surface area contributed by atoms with Crippen molar-refractivity contribution in [2.24, 2.45) is 0 Å². The highest BCUT2D eigenvalue weighted by atomic mass is 32.2. The number of aromatic nitrogens is 1. The highest BCUT2D eigenvalue weighted by Crippen LogP contribution is 2.25. The number of hydrogen-bond acceptors (Lipinski definition) is 2. The summed E-state index contributed by atoms with van der Waals surface area (Å²) in [4.78, 5) is 4.33. The quantitative estimate of drug-likeness (QED) is 0.664. The Morgan fingerprint density at radius 3 is 2.92 bits per heavy atom. The smallest absolute Gasteiger partial charge is 0.0991 e. The van der Waals surface area contributed by atoms with Gasteiger partial charge in [-0.05, 0) is 25.0 Å². The number of rotatable bonds is 3. The first-order chi connectivity index (χ1) is 5.74. The molecule has 0 fully saturated rings. The first-order valence-electron chi connectivity index (χ1n) is 4.32. The SMILES string of the molecule is CCC(C)Sc1ncccc1C. The summed E-state index contributed by atoms with van der Waals surface area (Å²) in [5.41, 5.74) is 1.28. The van der Waals surface area contributed by atoms with E-state index in [4.69, 9.17) is 0 Å². The molecule has 1 nitrogen and oxygen atoms in total. The van der Waals surface area contributed by atoms with Crippen LogP contribution in [0, 0.1) is 6.92 Å². The number of hydrogen-bond donors (Lipinski definition) is 0. The van der Waals surface area contributed by atoms with Crippen molar-refractivity contribution in [3.8, 4) is 0 Å². The van der Waals surface area contributed by atoms with Gasteiger partial charge in [0.1, 0.15) is 0 Å². The van der Waals surface area contributed by atoms with Crippen molar-refractivity contribution in [1.29, 1.82) is 0 Å². The van der Waals surface area contributed by atoms with Crippen LogP contribution in [0.2, 0.25) is 0 Å². The van der Waals surface area contributed by atoms with E-state index >= 15 is 0 Å². The minimum Gasteiger partial charge on any atom is -0.250 e. The Morgan fingerprint density at radius 1 is 1.58 bits per heavy atom. The molecule has 0 amide bonds. The third-order valence-electron chi connectivity index (χ3n) is 1.85. The molecule has 2 heteroatoms. The molecule has 0 aliphatic carbocycles. The fraction of sp³-hybridized carbons (Fsp3) is 0.500. The number of thioether (sulfide) groups is 1. The Labute approximate surface area is 78.6 Å². The summed E-state index contributed by atoms with van der Waals surface area (Å²) in [6.45, 7) is 6.55. The number of nitrogens with zero attached hydrogens (tertiary/aromatic N) is 1. The second-order valence-corrected chi connectivity index (χ2v) is 4.39. The standard InChI is InChI=1S/C10H15NS/c1-4-9(3)12-10-8(2)6-5-7-11-10/h5-7,9H,4H2,1-3H3. The van der Waals surface area contributed by atoms with Gasteiger partial charge < -0.3 is 0 Å². The minimum atomic E-state index is 0.665. The minimum absolute atomic E-state index is 0.665. The first kappa shape index (κ1) is 9.59. The van der Waals surface area contributed by atoms with Gasteiger partial charge in [0.25, 0.3) is 0 Å². The van der Waals surface area contributed by atoms with Gasteiger partial charge in [-0.1, -0.05) is 19.9 Å². The fourth-order valence-corrected chi connectivity index (χ4v) is 1.79. The van der Waals surface area contributed by atoms with Gasteiger partial charge in [-0.15, -0.1) is 11.8 Å². The highest BCUT2D eigenvalue weighted by Gasteiger charge is 2.04. The zero-order chi connectivity index (χ0) is 8.97. The molecule has 0 spiro atoms. The Kier molecular flexibility index (Phi) is 3.60. The monoisotopic (exact) mass is 181 g/mol. The zero-order valence-electron chi connectivity index (χ0n) is 7.87. The molecular weight excluding hydrogens is 166 g/mol. The first-order valence-corrected chi connectivity index (χ1v) is 5.20. The van der Waals surface area contributed by atoms with Gasteiger partial charge in [-0.2, -0.15) is 0 Å². The average molecular weight is 181 g/mol. The van der Waals surface area contributed by atoms with E-state index in [1.807, 2.05) is 24.0 Å². The fourth-order valence-electron chi connectivity index (χ4n) is 0.868. The van der Waals surface area contributed by atoms with Crippen LogP contribution in [0.5, 0.6) is 0 Å². The third kappa shape index (κ3) is 2.52. The van der Waals surface area contributed by atoms with Crippen LogP contribution < -0.4 is 0 Å². The normalized spacial score (nSPS) is 12.9. The Hall–Kier alpha value is -0.500. The molecule has 0 aliphatic heterocycles. The van der Waals surface area contributed by atoms with Crippen molar-refractivity contribution < 1.29 is 0 Å². The second kappa shape index (κ2) is 4.51. The molecule has 0 radical (unpaired) electrons. The molecular formula is C10H15NS. The van der Waals surface area contributed by atoms with Gasteiger partial charge in [0.15, 0.2) is 0 Å². The van der Waals surface area contributed by atoms with Gasteiger partial charge in [0.05, 0.1) is 5.03 Å². The molecule has 1 aromatic heterocycles. The zero-order valence-corrected chi connectivity index (χ0v) is 8.69. The molecule has 0 bridgehead atoms. The Bertz CT molecular complexity index is 247. The maximum absolute atomic E-state index is 4.33. The van der Waals surface area contributed by atoms with Gasteiger partial charge >= 0.3 is 0 Å². The van der Waals surface area contributed by atoms with E-state index in [1.165, 1.54) is 17.0 Å². The Morgan fingerprint density at radius 2 is 2.33 bits per heavy atom. The van der Waals surface area contributed by atoms with Crippen molar-refractivity contribution in [2.45, 2.75) is 37.5 Å². The average Bonchev–Trinajstić information content (AvgIpc) is 2.09. The summed E-state index contributed by atoms with van der Waals surface area (Å²) in [6.07, 6.45) is 3.05. The van der Waals surface area contributed by atoms with E-state index < -0.39 is 0 Å². The van der Waals surface area contributed by atoms with E-state index in [0.29, 0.717) is 5.25 Å². The van der Waals surface area contributed by atoms with E-state index in [9.17, 15) is 0 Å². The summed E-state index contributed by atoms with van der Waals surface area (Å²) in [7, 11) is 0. The lowest BCUT2D eigenvalue weighted by molar-refractivity contribution is 0.899. The van der Waals surface area contributed by atoms with Gasteiger partial charge in [0, 0.05) is 11.4 Å². The van der Waals surface area contributed by atoms with Crippen LogP contribution in [0.3, 0.4) is 0 Å². The molecule has 1 aromatic rings. The van der Waals surface area contributed by atoms with E-state index in [-0.39, 0.29) is 0 Å². The van der Waals surface area contributed by atoms with Crippen LogP contribution >= 0.6 is 11.8 Å². The number of pyridine rings is 1. The van der Waals surface area contributed by atoms with Crippen molar-refractivity contribution >= 4 is 11.8 Å². The van der Waals surface area contributed by atoms with Crippen LogP contribution in [0.15, 0.2) is 23.4 Å². The predicted molar refractivity (Wildman–Crippen MR) is 54.6 cm³/mol. The van der Waals surface area contributed by atoms with E-state index in [1.54, 1.807) is 0 Å². The lowest BCUT2D eigenvalue weighted by Crippen LogP contribution is -1.94. The van der Waals surface area contributed by atoms with Crippen LogP contribution in [0.4, 0.5) is 0 Å². The molecule has 0 N–H and O–H groups in total. The van der Waals surface area contributed by atoms with Gasteiger partial charge in [-0.25, -0.2) is 4.98 Å². The molecule has 12 heavy (non-hydrogen) atoms. The lowest BCUT2D eigenvalue weighted by Gasteiger charge is -2.08. The molecule has 0 aromatic carbocycles. The lowest BCUT2D eigenvalue weighted by atomic mass is 10.3. The molecule has 0 saturated heterocycles. The maximum atomic E-state index is 4.33. The van der Waals surface area contributed by atoms with Gasteiger partial charge in [-0.3, -0.25) is 0 Å². The molecule has 0 aliphatic rings. The largest absolute Gasteiger partial charge is 0.250 e. The summed E-state index contributed by atoms with van der Waals surface area (Å²) in [6, 6.07) is 4.09. The molecule has 66 valence electrons. The van der Waals surface area contributed by atoms with E-state index in [0.717, 1.165) is 0 Å². The van der Waals surface area contributed by atoms with E-state index in [2.05, 4.69) is 31.8 Å². The molecule has 1 heterocycles. The summed E-state index contributed by atoms with van der Waals surface area (Å²) < 4.78 is 0. The summed E-state index contributed by atoms with van der Waals surface area (Å²) in [5.74, 6) is 0. The molecule has 1 rings (SSSR count). The predicted octanol–water partition coefficient (Wildman–Crippen LogP) is 3.28. The van der Waals surface area contributed by atoms with Crippen molar-refractivity contribution in [3.63, 3.8) is 0 Å². The Balaban J connectivity index is 2.69. The highest BCUT2D eigenvalue weighted by molar-refractivity contribution is 7.99. The molecule has 0 saturated carbocycles. The van der Waals surface area contributed by atoms with Crippen LogP contribution in [-0.2, 0) is 0 Å². The summed E-state index contributed by atoms with van der Waals surface area (Å²) in [5, 5.41) is 1.84.